The van der Waals surface area contributed by atoms with Crippen molar-refractivity contribution in [2.24, 2.45) is 0 Å². The first kappa shape index (κ1) is 21.8. The quantitative estimate of drug-likeness (QED) is 0.652. The minimum atomic E-state index is -3.57. The van der Waals surface area contributed by atoms with E-state index in [4.69, 9.17) is 4.74 Å². The molecule has 0 aromatic heterocycles. The minimum absolute atomic E-state index is 0.273. The maximum atomic E-state index is 12.3. The Morgan fingerprint density at radius 1 is 1.11 bits per heavy atom. The fourth-order valence-electron chi connectivity index (χ4n) is 2.74. The third-order valence-corrected chi connectivity index (χ3v) is 5.37. The fourth-order valence-corrected chi connectivity index (χ4v) is 3.59. The lowest BCUT2D eigenvalue weighted by molar-refractivity contribution is -0.119. The van der Waals surface area contributed by atoms with Crippen LogP contribution in [0.2, 0.25) is 0 Å². The lowest BCUT2D eigenvalue weighted by atomic mass is 10.0. The fraction of sp³-hybridized carbons (Fsp3) is 0.381. The predicted octanol–water partition coefficient (Wildman–Crippen LogP) is 3.08. The number of sulfonamides is 1. The summed E-state index contributed by atoms with van der Waals surface area (Å²) in [4.78, 5) is 12.3. The van der Waals surface area contributed by atoms with Gasteiger partial charge in [-0.25, -0.2) is 8.42 Å². The van der Waals surface area contributed by atoms with Gasteiger partial charge in [0.15, 0.2) is 0 Å². The highest BCUT2D eigenvalue weighted by Gasteiger charge is 2.20. The van der Waals surface area contributed by atoms with Crippen molar-refractivity contribution in [1.29, 1.82) is 0 Å². The van der Waals surface area contributed by atoms with Crippen molar-refractivity contribution in [3.63, 3.8) is 0 Å². The molecule has 1 amide bonds. The zero-order valence-corrected chi connectivity index (χ0v) is 17.6. The van der Waals surface area contributed by atoms with Gasteiger partial charge in [0.25, 0.3) is 0 Å². The van der Waals surface area contributed by atoms with Crippen LogP contribution in [-0.2, 0) is 14.8 Å². The number of carbonyl (C=O) groups excluding carboxylic acids is 1. The van der Waals surface area contributed by atoms with E-state index in [0.717, 1.165) is 27.4 Å². The molecule has 7 heteroatoms. The summed E-state index contributed by atoms with van der Waals surface area (Å²) >= 11 is 0. The van der Waals surface area contributed by atoms with E-state index in [2.05, 4.69) is 19.2 Å². The highest BCUT2D eigenvalue weighted by atomic mass is 32.2. The number of anilines is 1. The summed E-state index contributed by atoms with van der Waals surface area (Å²) < 4.78 is 31.0. The number of carbonyl (C=O) groups is 1. The summed E-state index contributed by atoms with van der Waals surface area (Å²) in [5.41, 5.74) is 2.59. The number of hydrogen-bond donors (Lipinski definition) is 1. The van der Waals surface area contributed by atoms with Gasteiger partial charge < -0.3 is 10.1 Å². The predicted molar refractivity (Wildman–Crippen MR) is 112 cm³/mol. The van der Waals surface area contributed by atoms with E-state index in [1.54, 1.807) is 12.1 Å². The Bertz CT molecular complexity index is 893. The molecule has 0 unspecified atom stereocenters. The van der Waals surface area contributed by atoms with Crippen molar-refractivity contribution >= 4 is 21.6 Å². The summed E-state index contributed by atoms with van der Waals surface area (Å²) in [7, 11) is -3.57. The molecule has 28 heavy (non-hydrogen) atoms. The molecule has 0 heterocycles. The van der Waals surface area contributed by atoms with Gasteiger partial charge in [0.2, 0.25) is 15.9 Å². The van der Waals surface area contributed by atoms with Crippen LogP contribution in [0.4, 0.5) is 5.69 Å². The van der Waals surface area contributed by atoms with Crippen LogP contribution in [0.1, 0.15) is 30.9 Å². The van der Waals surface area contributed by atoms with E-state index >= 15 is 0 Å². The van der Waals surface area contributed by atoms with Gasteiger partial charge in [-0.2, -0.15) is 0 Å². The molecule has 1 N–H and O–H groups in total. The normalized spacial score (nSPS) is 11.3. The van der Waals surface area contributed by atoms with Crippen LogP contribution >= 0.6 is 0 Å². The standard InChI is InChI=1S/C21H28N2O4S/c1-16(2)19-7-5-6-8-20(19)27-14-13-22-21(24)15-23(28(4,25)26)18-11-9-17(3)10-12-18/h5-12,16H,13-15H2,1-4H3,(H,22,24). The van der Waals surface area contributed by atoms with Crippen LogP contribution in [-0.4, -0.2) is 40.3 Å². The molecule has 2 aromatic rings. The maximum absolute atomic E-state index is 12.3. The van der Waals surface area contributed by atoms with Gasteiger partial charge in [-0.3, -0.25) is 9.10 Å². The van der Waals surface area contributed by atoms with E-state index in [1.165, 1.54) is 0 Å². The molecular formula is C21H28N2O4S. The van der Waals surface area contributed by atoms with Crippen molar-refractivity contribution in [3.05, 3.63) is 59.7 Å². The Morgan fingerprint density at radius 2 is 1.75 bits per heavy atom. The third kappa shape index (κ3) is 6.27. The lowest BCUT2D eigenvalue weighted by Crippen LogP contribution is -2.41. The number of aryl methyl sites for hydroxylation is 1. The van der Waals surface area contributed by atoms with Crippen LogP contribution < -0.4 is 14.4 Å². The van der Waals surface area contributed by atoms with Crippen molar-refractivity contribution in [3.8, 4) is 5.75 Å². The van der Waals surface area contributed by atoms with Crippen molar-refractivity contribution < 1.29 is 17.9 Å². The maximum Gasteiger partial charge on any atom is 0.240 e. The summed E-state index contributed by atoms with van der Waals surface area (Å²) in [5, 5.41) is 2.72. The van der Waals surface area contributed by atoms with Crippen LogP contribution in [0.5, 0.6) is 5.75 Å². The minimum Gasteiger partial charge on any atom is -0.491 e. The number of nitrogens with one attached hydrogen (secondary N) is 1. The number of para-hydroxylation sites is 1. The van der Waals surface area contributed by atoms with Crippen molar-refractivity contribution in [1.82, 2.24) is 5.32 Å². The summed E-state index contributed by atoms with van der Waals surface area (Å²) in [6.07, 6.45) is 1.09. The lowest BCUT2D eigenvalue weighted by Gasteiger charge is -2.22. The number of nitrogens with zero attached hydrogens (tertiary/aromatic N) is 1. The van der Waals surface area contributed by atoms with Gasteiger partial charge >= 0.3 is 0 Å². The molecule has 0 saturated heterocycles. The molecule has 0 bridgehead atoms. The van der Waals surface area contributed by atoms with E-state index in [-0.39, 0.29) is 19.0 Å². The zero-order chi connectivity index (χ0) is 20.7. The molecular weight excluding hydrogens is 376 g/mol. The molecule has 0 radical (unpaired) electrons. The van der Waals surface area contributed by atoms with Gasteiger partial charge in [0, 0.05) is 0 Å². The average molecular weight is 405 g/mol. The molecule has 6 nitrogen and oxygen atoms in total. The molecule has 152 valence electrons. The molecule has 0 atom stereocenters. The Kier molecular flexibility index (Phi) is 7.45. The number of benzene rings is 2. The molecule has 0 spiro atoms. The highest BCUT2D eigenvalue weighted by Crippen LogP contribution is 2.25. The van der Waals surface area contributed by atoms with E-state index in [1.807, 2.05) is 43.3 Å². The largest absolute Gasteiger partial charge is 0.491 e. The van der Waals surface area contributed by atoms with Gasteiger partial charge in [-0.1, -0.05) is 49.7 Å². The van der Waals surface area contributed by atoms with Crippen molar-refractivity contribution in [2.75, 3.05) is 30.3 Å². The van der Waals surface area contributed by atoms with E-state index in [0.29, 0.717) is 18.2 Å². The van der Waals surface area contributed by atoms with Crippen LogP contribution in [0.25, 0.3) is 0 Å². The first-order valence-electron chi connectivity index (χ1n) is 9.21. The third-order valence-electron chi connectivity index (χ3n) is 4.23. The number of rotatable bonds is 9. The summed E-state index contributed by atoms with van der Waals surface area (Å²) in [5.74, 6) is 0.750. The second-order valence-electron chi connectivity index (χ2n) is 7.00. The Hall–Kier alpha value is -2.54. The molecule has 2 rings (SSSR count). The second kappa shape index (κ2) is 9.59. The van der Waals surface area contributed by atoms with Gasteiger partial charge in [-0.15, -0.1) is 0 Å². The number of amides is 1. The second-order valence-corrected chi connectivity index (χ2v) is 8.90. The Balaban J connectivity index is 1.91. The first-order chi connectivity index (χ1) is 13.2. The van der Waals surface area contributed by atoms with Crippen LogP contribution in [0, 0.1) is 6.92 Å². The molecule has 0 aliphatic rings. The first-order valence-corrected chi connectivity index (χ1v) is 11.1. The molecule has 0 aliphatic heterocycles. The zero-order valence-electron chi connectivity index (χ0n) is 16.8. The topological polar surface area (TPSA) is 75.7 Å². The SMILES string of the molecule is Cc1ccc(N(CC(=O)NCCOc2ccccc2C(C)C)S(C)(=O)=O)cc1. The van der Waals surface area contributed by atoms with E-state index in [9.17, 15) is 13.2 Å². The molecule has 0 fully saturated rings. The van der Waals surface area contributed by atoms with Gasteiger partial charge in [0.05, 0.1) is 18.5 Å². The Morgan fingerprint density at radius 3 is 2.36 bits per heavy atom. The average Bonchev–Trinajstić information content (AvgIpc) is 2.63. The van der Waals surface area contributed by atoms with Gasteiger partial charge in [0.1, 0.15) is 18.9 Å². The van der Waals surface area contributed by atoms with Crippen LogP contribution in [0.15, 0.2) is 48.5 Å². The van der Waals surface area contributed by atoms with Gasteiger partial charge in [-0.05, 0) is 36.6 Å². The van der Waals surface area contributed by atoms with Crippen LogP contribution in [0.3, 0.4) is 0 Å². The molecule has 0 saturated carbocycles. The van der Waals surface area contributed by atoms with Crippen molar-refractivity contribution in [2.45, 2.75) is 26.7 Å². The number of hydrogen-bond acceptors (Lipinski definition) is 4. The highest BCUT2D eigenvalue weighted by molar-refractivity contribution is 7.92. The smallest absolute Gasteiger partial charge is 0.240 e. The van der Waals surface area contributed by atoms with E-state index < -0.39 is 10.0 Å². The molecule has 2 aromatic carbocycles. The monoisotopic (exact) mass is 404 g/mol. The molecule has 0 aliphatic carbocycles. The summed E-state index contributed by atoms with van der Waals surface area (Å²) in [6.45, 7) is 6.42. The number of ether oxygens (including phenoxy) is 1. The Labute approximate surface area is 167 Å². The summed E-state index contributed by atoms with van der Waals surface area (Å²) in [6, 6.07) is 14.8.